The second kappa shape index (κ2) is 10.1. The summed E-state index contributed by atoms with van der Waals surface area (Å²) in [6.45, 7) is 2.11. The Morgan fingerprint density at radius 3 is 2.20 bits per heavy atom. The molecule has 88 valence electrons. The molecule has 0 aromatic carbocycles. The normalized spacial score (nSPS) is 13.3. The average molecular weight is 248 g/mol. The van der Waals surface area contributed by atoms with Gasteiger partial charge >= 0.3 is 29.6 Å². The first-order valence-electron chi connectivity index (χ1n) is 5.09. The fourth-order valence-corrected chi connectivity index (χ4v) is 1.81. The second-order valence-corrected chi connectivity index (χ2v) is 5.15. The van der Waals surface area contributed by atoms with E-state index in [0.717, 1.165) is 25.7 Å². The Morgan fingerprint density at radius 1 is 1.13 bits per heavy atom. The minimum atomic E-state index is -3.91. The Morgan fingerprint density at radius 2 is 1.73 bits per heavy atom. The van der Waals surface area contributed by atoms with Crippen molar-refractivity contribution in [2.75, 3.05) is 5.75 Å². The van der Waals surface area contributed by atoms with E-state index in [1.165, 1.54) is 0 Å². The molecule has 1 atom stereocenters. The van der Waals surface area contributed by atoms with Crippen molar-refractivity contribution < 1.29 is 18.1 Å². The first kappa shape index (κ1) is 18.2. The zero-order valence-electron chi connectivity index (χ0n) is 8.65. The predicted molar refractivity (Wildman–Crippen MR) is 62.9 cm³/mol. The molecular formula is C9H21NaO4S. The fraction of sp³-hybridized carbons (Fsp3) is 1.00. The topological polar surface area (TPSA) is 74.6 Å². The molecule has 0 aliphatic carbocycles. The number of hydrogen-bond donors (Lipinski definition) is 2. The molecule has 0 bridgehead atoms. The predicted octanol–water partition coefficient (Wildman–Crippen LogP) is 0.947. The molecule has 0 aromatic rings. The van der Waals surface area contributed by atoms with E-state index in [-0.39, 0.29) is 41.7 Å². The molecule has 0 aliphatic rings. The molecule has 0 amide bonds. The number of unbranched alkanes of at least 4 members (excludes halogenated alkanes) is 3. The minimum absolute atomic E-state index is 0. The molecule has 0 aromatic heterocycles. The summed E-state index contributed by atoms with van der Waals surface area (Å²) < 4.78 is 29.2. The van der Waals surface area contributed by atoms with Gasteiger partial charge < -0.3 is 5.11 Å². The zero-order valence-corrected chi connectivity index (χ0v) is 9.46. The average Bonchev–Trinajstić information content (AvgIpc) is 2.08. The standard InChI is InChI=1S/C9H20O4S.Na.H/c1-2-3-4-5-6-9(10)7-8-14(11,12)13;;/h9-10H,2-8H2,1H3,(H,11,12,13);;. The first-order valence-corrected chi connectivity index (χ1v) is 6.70. The van der Waals surface area contributed by atoms with Crippen LogP contribution in [0.1, 0.15) is 45.4 Å². The van der Waals surface area contributed by atoms with Gasteiger partial charge in [0.2, 0.25) is 0 Å². The summed E-state index contributed by atoms with van der Waals surface area (Å²) in [4.78, 5) is 0. The van der Waals surface area contributed by atoms with E-state index in [2.05, 4.69) is 6.92 Å². The van der Waals surface area contributed by atoms with Crippen LogP contribution in [0, 0.1) is 0 Å². The zero-order chi connectivity index (χ0) is 11.0. The SMILES string of the molecule is CCCCCCC(O)CCS(=O)(=O)O.[NaH]. The van der Waals surface area contributed by atoms with Crippen molar-refractivity contribution in [2.24, 2.45) is 0 Å². The van der Waals surface area contributed by atoms with Crippen LogP contribution in [0.25, 0.3) is 0 Å². The Kier molecular flexibility index (Phi) is 12.2. The van der Waals surface area contributed by atoms with Crippen molar-refractivity contribution in [3.63, 3.8) is 0 Å². The molecule has 15 heavy (non-hydrogen) atoms. The third-order valence-corrected chi connectivity index (χ3v) is 2.85. The molecule has 0 fully saturated rings. The third kappa shape index (κ3) is 14.9. The summed E-state index contributed by atoms with van der Waals surface area (Å²) in [5.74, 6) is -0.345. The molecule has 0 heterocycles. The van der Waals surface area contributed by atoms with Crippen LogP contribution < -0.4 is 0 Å². The maximum atomic E-state index is 10.4. The summed E-state index contributed by atoms with van der Waals surface area (Å²) in [6, 6.07) is 0. The van der Waals surface area contributed by atoms with E-state index in [9.17, 15) is 13.5 Å². The summed E-state index contributed by atoms with van der Waals surface area (Å²) in [5, 5.41) is 9.34. The second-order valence-electron chi connectivity index (χ2n) is 3.58. The van der Waals surface area contributed by atoms with Gasteiger partial charge in [-0.15, -0.1) is 0 Å². The van der Waals surface area contributed by atoms with Crippen LogP contribution in [0.15, 0.2) is 0 Å². The molecule has 6 heteroatoms. The van der Waals surface area contributed by atoms with E-state index in [1.54, 1.807) is 0 Å². The summed E-state index contributed by atoms with van der Waals surface area (Å²) in [7, 11) is -3.91. The van der Waals surface area contributed by atoms with Crippen LogP contribution in [-0.4, -0.2) is 59.5 Å². The molecule has 0 radical (unpaired) electrons. The Hall–Kier alpha value is 0.870. The van der Waals surface area contributed by atoms with Crippen LogP contribution in [0.5, 0.6) is 0 Å². The van der Waals surface area contributed by atoms with Crippen molar-refractivity contribution >= 4 is 39.7 Å². The van der Waals surface area contributed by atoms with Crippen molar-refractivity contribution in [3.05, 3.63) is 0 Å². The molecule has 1 unspecified atom stereocenters. The van der Waals surface area contributed by atoms with Gasteiger partial charge in [0.15, 0.2) is 0 Å². The third-order valence-electron chi connectivity index (χ3n) is 2.10. The number of hydrogen-bond acceptors (Lipinski definition) is 3. The van der Waals surface area contributed by atoms with Gasteiger partial charge in [0.1, 0.15) is 0 Å². The van der Waals surface area contributed by atoms with Gasteiger partial charge in [-0.3, -0.25) is 4.55 Å². The molecule has 2 N–H and O–H groups in total. The van der Waals surface area contributed by atoms with Gasteiger partial charge in [-0.1, -0.05) is 32.6 Å². The van der Waals surface area contributed by atoms with Gasteiger partial charge in [0, 0.05) is 0 Å². The molecule has 0 aliphatic heterocycles. The van der Waals surface area contributed by atoms with E-state index in [1.807, 2.05) is 0 Å². The monoisotopic (exact) mass is 248 g/mol. The summed E-state index contributed by atoms with van der Waals surface area (Å²) in [6.07, 6.45) is 4.42. The maximum absolute atomic E-state index is 10.4. The molecule has 0 spiro atoms. The van der Waals surface area contributed by atoms with Gasteiger partial charge in [-0.2, -0.15) is 8.42 Å². The van der Waals surface area contributed by atoms with Gasteiger partial charge in [-0.05, 0) is 12.8 Å². The van der Waals surface area contributed by atoms with E-state index in [4.69, 9.17) is 4.55 Å². The molecule has 0 saturated carbocycles. The van der Waals surface area contributed by atoms with Crippen molar-refractivity contribution in [1.82, 2.24) is 0 Å². The first-order chi connectivity index (χ1) is 6.45. The van der Waals surface area contributed by atoms with Crippen molar-refractivity contribution in [3.8, 4) is 0 Å². The van der Waals surface area contributed by atoms with Gasteiger partial charge in [-0.25, -0.2) is 0 Å². The van der Waals surface area contributed by atoms with Crippen LogP contribution in [0.3, 0.4) is 0 Å². The van der Waals surface area contributed by atoms with Crippen LogP contribution in [0.4, 0.5) is 0 Å². The van der Waals surface area contributed by atoms with Crippen molar-refractivity contribution in [2.45, 2.75) is 51.6 Å². The molecule has 4 nitrogen and oxygen atoms in total. The number of aliphatic hydroxyl groups excluding tert-OH is 1. The van der Waals surface area contributed by atoms with Gasteiger partial charge in [0.25, 0.3) is 10.1 Å². The fourth-order valence-electron chi connectivity index (χ4n) is 1.24. The quantitative estimate of drug-likeness (QED) is 0.381. The van der Waals surface area contributed by atoms with E-state index in [0.29, 0.717) is 6.42 Å². The van der Waals surface area contributed by atoms with Crippen molar-refractivity contribution in [1.29, 1.82) is 0 Å². The van der Waals surface area contributed by atoms with E-state index >= 15 is 0 Å². The molecule has 0 saturated heterocycles. The van der Waals surface area contributed by atoms with Crippen LogP contribution in [-0.2, 0) is 10.1 Å². The summed E-state index contributed by atoms with van der Waals surface area (Å²) in [5.41, 5.74) is 0. The number of rotatable bonds is 8. The Labute approximate surface area is 114 Å². The number of aliphatic hydroxyl groups is 1. The Balaban J connectivity index is 0. The van der Waals surface area contributed by atoms with Gasteiger partial charge in [0.05, 0.1) is 11.9 Å². The van der Waals surface area contributed by atoms with Crippen LogP contribution >= 0.6 is 0 Å². The molecular weight excluding hydrogens is 227 g/mol. The van der Waals surface area contributed by atoms with Crippen LogP contribution in [0.2, 0.25) is 0 Å². The Bertz CT molecular complexity index is 228. The van der Waals surface area contributed by atoms with E-state index < -0.39 is 16.2 Å². The summed E-state index contributed by atoms with van der Waals surface area (Å²) >= 11 is 0. The molecule has 0 rings (SSSR count).